The van der Waals surface area contributed by atoms with Crippen LogP contribution in [0.3, 0.4) is 0 Å². The van der Waals surface area contributed by atoms with E-state index in [1.807, 2.05) is 48.5 Å². The number of hydrogen-bond acceptors (Lipinski definition) is 5. The number of fused-ring (bicyclic) bond motifs is 1. The average molecular weight is 454 g/mol. The molecule has 2 aromatic carbocycles. The van der Waals surface area contributed by atoms with Gasteiger partial charge in [-0.2, -0.15) is 0 Å². The molecule has 0 atom stereocenters. The predicted octanol–water partition coefficient (Wildman–Crippen LogP) is 5.71. The molecule has 0 aliphatic rings. The Morgan fingerprint density at radius 3 is 2.65 bits per heavy atom. The van der Waals surface area contributed by atoms with Crippen LogP contribution in [0.2, 0.25) is 5.02 Å². The molecule has 8 heteroatoms. The first-order valence-electron chi connectivity index (χ1n) is 10.5. The predicted molar refractivity (Wildman–Crippen MR) is 127 cm³/mol. The standard InChI is InChI=1S/C23H24ClN5OS/c1-2-3-4-7-14-29-21(16-10-12-17(24)13-11-16)27-28-23(29)31-15-20-22(30)26-19-9-6-5-8-18(19)25-20/h5-6,8-13H,2-4,7,14-15H2,1H3,(H,26,30). The van der Waals surface area contributed by atoms with Gasteiger partial charge in [-0.15, -0.1) is 10.2 Å². The zero-order chi connectivity index (χ0) is 21.6. The second kappa shape index (κ2) is 10.1. The highest BCUT2D eigenvalue weighted by Gasteiger charge is 2.16. The van der Waals surface area contributed by atoms with Crippen molar-refractivity contribution in [2.24, 2.45) is 0 Å². The number of benzene rings is 2. The lowest BCUT2D eigenvalue weighted by Crippen LogP contribution is -2.14. The number of aromatic nitrogens is 5. The van der Waals surface area contributed by atoms with Crippen LogP contribution in [-0.4, -0.2) is 24.7 Å². The second-order valence-corrected chi connectivity index (χ2v) is 8.72. The quantitative estimate of drug-likeness (QED) is 0.259. The fourth-order valence-electron chi connectivity index (χ4n) is 3.40. The van der Waals surface area contributed by atoms with Gasteiger partial charge in [-0.25, -0.2) is 4.98 Å². The number of unbranched alkanes of at least 4 members (excludes halogenated alkanes) is 3. The van der Waals surface area contributed by atoms with Gasteiger partial charge in [0.05, 0.1) is 11.0 Å². The average Bonchev–Trinajstić information content (AvgIpc) is 3.18. The molecule has 0 saturated carbocycles. The van der Waals surface area contributed by atoms with Crippen LogP contribution in [0.25, 0.3) is 22.4 Å². The number of rotatable bonds is 9. The Labute approximate surface area is 190 Å². The van der Waals surface area contributed by atoms with Crippen LogP contribution >= 0.6 is 23.4 Å². The highest BCUT2D eigenvalue weighted by molar-refractivity contribution is 7.98. The van der Waals surface area contributed by atoms with Crippen LogP contribution in [0.4, 0.5) is 0 Å². The maximum Gasteiger partial charge on any atom is 0.271 e. The molecule has 0 fully saturated rings. The second-order valence-electron chi connectivity index (χ2n) is 7.34. The lowest BCUT2D eigenvalue weighted by Gasteiger charge is -2.10. The first-order chi connectivity index (χ1) is 15.2. The molecule has 2 aromatic heterocycles. The van der Waals surface area contributed by atoms with Gasteiger partial charge in [0.1, 0.15) is 5.69 Å². The summed E-state index contributed by atoms with van der Waals surface area (Å²) in [6.45, 7) is 3.03. The minimum absolute atomic E-state index is 0.168. The van der Waals surface area contributed by atoms with Crippen LogP contribution in [0, 0.1) is 0 Å². The van der Waals surface area contributed by atoms with E-state index in [2.05, 4.69) is 31.7 Å². The van der Waals surface area contributed by atoms with Crippen molar-refractivity contribution < 1.29 is 0 Å². The number of aromatic amines is 1. The van der Waals surface area contributed by atoms with Gasteiger partial charge >= 0.3 is 0 Å². The van der Waals surface area contributed by atoms with E-state index in [1.54, 1.807) is 0 Å². The van der Waals surface area contributed by atoms with Crippen molar-refractivity contribution in [3.8, 4) is 11.4 Å². The van der Waals surface area contributed by atoms with Crippen LogP contribution in [0.1, 0.15) is 38.3 Å². The number of thioether (sulfide) groups is 1. The van der Waals surface area contributed by atoms with E-state index in [0.29, 0.717) is 16.5 Å². The third-order valence-corrected chi connectivity index (χ3v) is 6.29. The van der Waals surface area contributed by atoms with Gasteiger partial charge in [0, 0.05) is 22.9 Å². The van der Waals surface area contributed by atoms with Crippen LogP contribution in [0.15, 0.2) is 58.5 Å². The Kier molecular flexibility index (Phi) is 7.04. The van der Waals surface area contributed by atoms with Gasteiger partial charge in [-0.3, -0.25) is 4.79 Å². The van der Waals surface area contributed by atoms with Crippen LogP contribution < -0.4 is 5.56 Å². The van der Waals surface area contributed by atoms with Gasteiger partial charge in [0.25, 0.3) is 5.56 Å². The minimum atomic E-state index is -0.168. The van der Waals surface area contributed by atoms with Crippen molar-refractivity contribution in [1.82, 2.24) is 24.7 Å². The summed E-state index contributed by atoms with van der Waals surface area (Å²) in [7, 11) is 0. The summed E-state index contributed by atoms with van der Waals surface area (Å²) in [6, 6.07) is 15.2. The number of nitrogens with zero attached hydrogens (tertiary/aromatic N) is 4. The smallest absolute Gasteiger partial charge is 0.271 e. The highest BCUT2D eigenvalue weighted by atomic mass is 35.5. The topological polar surface area (TPSA) is 76.5 Å². The Morgan fingerprint density at radius 1 is 1.03 bits per heavy atom. The number of H-pyrrole nitrogens is 1. The Balaban J connectivity index is 1.59. The van der Waals surface area contributed by atoms with Crippen LogP contribution in [0.5, 0.6) is 0 Å². The molecule has 4 rings (SSSR count). The van der Waals surface area contributed by atoms with Gasteiger partial charge in [0.15, 0.2) is 11.0 Å². The molecule has 0 aliphatic heterocycles. The Bertz CT molecular complexity index is 1220. The largest absolute Gasteiger partial charge is 0.319 e. The van der Waals surface area contributed by atoms with E-state index in [1.165, 1.54) is 24.6 Å². The molecule has 4 aromatic rings. The molecule has 0 bridgehead atoms. The van der Waals surface area contributed by atoms with E-state index in [0.717, 1.165) is 47.0 Å². The third kappa shape index (κ3) is 5.17. The Hall–Kier alpha value is -2.64. The lowest BCUT2D eigenvalue weighted by atomic mass is 10.2. The first-order valence-corrected chi connectivity index (χ1v) is 11.8. The lowest BCUT2D eigenvalue weighted by molar-refractivity contribution is 0.556. The molecule has 0 aliphatic carbocycles. The van der Waals surface area contributed by atoms with Gasteiger partial charge in [-0.05, 0) is 42.8 Å². The first kappa shape index (κ1) is 21.6. The molecule has 0 unspecified atom stereocenters. The van der Waals surface area contributed by atoms with Crippen molar-refractivity contribution in [3.05, 3.63) is 69.6 Å². The molecular formula is C23H24ClN5OS. The normalized spacial score (nSPS) is 11.3. The van der Waals surface area contributed by atoms with Gasteiger partial charge < -0.3 is 9.55 Å². The number of hydrogen-bond donors (Lipinski definition) is 1. The number of nitrogens with one attached hydrogen (secondary N) is 1. The zero-order valence-electron chi connectivity index (χ0n) is 17.3. The number of halogens is 1. The molecule has 0 amide bonds. The molecule has 1 N–H and O–H groups in total. The van der Waals surface area contributed by atoms with Gasteiger partial charge in [0.2, 0.25) is 0 Å². The summed E-state index contributed by atoms with van der Waals surface area (Å²) >= 11 is 7.54. The zero-order valence-corrected chi connectivity index (χ0v) is 18.9. The minimum Gasteiger partial charge on any atom is -0.319 e. The van der Waals surface area contributed by atoms with Crippen molar-refractivity contribution in [2.75, 3.05) is 0 Å². The van der Waals surface area contributed by atoms with E-state index < -0.39 is 0 Å². The third-order valence-electron chi connectivity index (χ3n) is 5.06. The molecule has 0 spiro atoms. The molecule has 160 valence electrons. The van der Waals surface area contributed by atoms with Crippen LogP contribution in [-0.2, 0) is 12.3 Å². The molecular weight excluding hydrogens is 430 g/mol. The Morgan fingerprint density at radius 2 is 1.84 bits per heavy atom. The van der Waals surface area contributed by atoms with Gasteiger partial charge in [-0.1, -0.05) is 61.7 Å². The van der Waals surface area contributed by atoms with Crippen molar-refractivity contribution >= 4 is 34.4 Å². The molecule has 0 radical (unpaired) electrons. The molecule has 2 heterocycles. The fourth-order valence-corrected chi connectivity index (χ4v) is 4.42. The summed E-state index contributed by atoms with van der Waals surface area (Å²) in [5.74, 6) is 1.24. The maximum absolute atomic E-state index is 12.5. The van der Waals surface area contributed by atoms with Crippen molar-refractivity contribution in [1.29, 1.82) is 0 Å². The molecule has 6 nitrogen and oxygen atoms in total. The molecule has 31 heavy (non-hydrogen) atoms. The van der Waals surface area contributed by atoms with E-state index in [9.17, 15) is 4.79 Å². The van der Waals surface area contributed by atoms with E-state index in [-0.39, 0.29) is 5.56 Å². The highest BCUT2D eigenvalue weighted by Crippen LogP contribution is 2.27. The van der Waals surface area contributed by atoms with E-state index in [4.69, 9.17) is 11.6 Å². The SMILES string of the molecule is CCCCCCn1c(SCc2nc3ccccc3[nH]c2=O)nnc1-c1ccc(Cl)cc1. The maximum atomic E-state index is 12.5. The van der Waals surface area contributed by atoms with Crippen molar-refractivity contribution in [2.45, 2.75) is 50.1 Å². The summed E-state index contributed by atoms with van der Waals surface area (Å²) in [4.78, 5) is 19.9. The van der Waals surface area contributed by atoms with Crippen molar-refractivity contribution in [3.63, 3.8) is 0 Å². The summed E-state index contributed by atoms with van der Waals surface area (Å²) < 4.78 is 2.14. The summed E-state index contributed by atoms with van der Waals surface area (Å²) in [5.41, 5.74) is 2.81. The van der Waals surface area contributed by atoms with E-state index >= 15 is 0 Å². The summed E-state index contributed by atoms with van der Waals surface area (Å²) in [5, 5.41) is 10.3. The summed E-state index contributed by atoms with van der Waals surface area (Å²) in [6.07, 6.45) is 4.60. The molecule has 0 saturated heterocycles. The number of para-hydroxylation sites is 2. The fraction of sp³-hybridized carbons (Fsp3) is 0.304. The monoisotopic (exact) mass is 453 g/mol.